The molecule has 2 aromatic heterocycles. The molecule has 0 fully saturated rings. The molecule has 0 aliphatic rings. The van der Waals surface area contributed by atoms with Gasteiger partial charge in [-0.25, -0.2) is 0 Å². The van der Waals surface area contributed by atoms with Crippen LogP contribution in [-0.4, -0.2) is 27.4 Å². The standard InChI is InChI=1S/C26H19F6N3O2/c1-34(14-15-11-17(25(27,28)29)13-18(12-15)26(30,31)32)24(37)22-20(16-7-4-3-5-8-16)21-19(9-6-10-33-21)23(36)35(22)2/h3-13H,14H2,1-2H3. The summed E-state index contributed by atoms with van der Waals surface area (Å²) in [4.78, 5) is 31.9. The summed E-state index contributed by atoms with van der Waals surface area (Å²) >= 11 is 0. The maximum Gasteiger partial charge on any atom is 0.416 e. The Morgan fingerprint density at radius 2 is 1.51 bits per heavy atom. The van der Waals surface area contributed by atoms with Crippen LogP contribution in [0, 0.1) is 0 Å². The van der Waals surface area contributed by atoms with Gasteiger partial charge in [0.2, 0.25) is 0 Å². The molecule has 1 amide bonds. The number of amides is 1. The molecule has 0 spiro atoms. The molecule has 2 aromatic carbocycles. The van der Waals surface area contributed by atoms with Gasteiger partial charge in [-0.2, -0.15) is 26.3 Å². The van der Waals surface area contributed by atoms with Crippen molar-refractivity contribution in [2.24, 2.45) is 7.05 Å². The Hall–Kier alpha value is -4.15. The molecule has 0 aliphatic heterocycles. The third kappa shape index (κ3) is 5.07. The van der Waals surface area contributed by atoms with E-state index in [0.29, 0.717) is 23.3 Å². The van der Waals surface area contributed by atoms with Gasteiger partial charge in [0.1, 0.15) is 5.69 Å². The zero-order chi connectivity index (χ0) is 27.1. The van der Waals surface area contributed by atoms with Crippen LogP contribution in [0.2, 0.25) is 0 Å². The first-order valence-corrected chi connectivity index (χ1v) is 10.9. The van der Waals surface area contributed by atoms with Gasteiger partial charge in [-0.05, 0) is 41.5 Å². The van der Waals surface area contributed by atoms with Crippen molar-refractivity contribution in [3.63, 3.8) is 0 Å². The topological polar surface area (TPSA) is 55.2 Å². The molecule has 0 unspecified atom stereocenters. The highest BCUT2D eigenvalue weighted by Gasteiger charge is 2.37. The Balaban J connectivity index is 1.85. The summed E-state index contributed by atoms with van der Waals surface area (Å²) in [7, 11) is 2.60. The number of nitrogens with zero attached hydrogens (tertiary/aromatic N) is 3. The van der Waals surface area contributed by atoms with Crippen LogP contribution in [-0.2, 0) is 25.9 Å². The van der Waals surface area contributed by atoms with E-state index in [-0.39, 0.29) is 28.2 Å². The van der Waals surface area contributed by atoms with E-state index in [1.807, 2.05) is 0 Å². The van der Waals surface area contributed by atoms with Gasteiger partial charge >= 0.3 is 12.4 Å². The second-order valence-electron chi connectivity index (χ2n) is 8.43. The predicted octanol–water partition coefficient (Wildman–Crippen LogP) is 5.91. The highest BCUT2D eigenvalue weighted by Crippen LogP contribution is 2.37. The monoisotopic (exact) mass is 519 g/mol. The van der Waals surface area contributed by atoms with Crippen LogP contribution in [0.5, 0.6) is 0 Å². The lowest BCUT2D eigenvalue weighted by molar-refractivity contribution is -0.143. The summed E-state index contributed by atoms with van der Waals surface area (Å²) in [5.74, 6) is -0.781. The Morgan fingerprint density at radius 1 is 0.919 bits per heavy atom. The minimum Gasteiger partial charge on any atom is -0.336 e. The fraction of sp³-hybridized carbons (Fsp3) is 0.192. The van der Waals surface area contributed by atoms with Crippen molar-refractivity contribution in [1.82, 2.24) is 14.5 Å². The van der Waals surface area contributed by atoms with Gasteiger partial charge in [-0.1, -0.05) is 30.3 Å². The van der Waals surface area contributed by atoms with Crippen molar-refractivity contribution in [3.8, 4) is 11.1 Å². The fourth-order valence-electron chi connectivity index (χ4n) is 4.10. The van der Waals surface area contributed by atoms with Crippen LogP contribution in [0.25, 0.3) is 22.0 Å². The molecular weight excluding hydrogens is 500 g/mol. The summed E-state index contributed by atoms with van der Waals surface area (Å²) in [5.41, 5.74) is -2.86. The smallest absolute Gasteiger partial charge is 0.336 e. The second-order valence-corrected chi connectivity index (χ2v) is 8.43. The summed E-state index contributed by atoms with van der Waals surface area (Å²) in [6, 6.07) is 12.9. The Bertz CT molecular complexity index is 1510. The average molecular weight is 519 g/mol. The largest absolute Gasteiger partial charge is 0.416 e. The number of hydrogen-bond acceptors (Lipinski definition) is 3. The van der Waals surface area contributed by atoms with E-state index >= 15 is 0 Å². The normalized spacial score (nSPS) is 12.1. The molecule has 4 aromatic rings. The summed E-state index contributed by atoms with van der Waals surface area (Å²) < 4.78 is 80.9. The maximum absolute atomic E-state index is 13.6. The first kappa shape index (κ1) is 25.9. The molecule has 0 saturated carbocycles. The number of aromatic nitrogens is 2. The number of benzene rings is 2. The van der Waals surface area contributed by atoms with Crippen LogP contribution in [0.4, 0.5) is 26.3 Å². The Morgan fingerprint density at radius 3 is 2.08 bits per heavy atom. The zero-order valence-corrected chi connectivity index (χ0v) is 19.5. The van der Waals surface area contributed by atoms with E-state index in [9.17, 15) is 35.9 Å². The van der Waals surface area contributed by atoms with Crippen molar-refractivity contribution in [1.29, 1.82) is 0 Å². The molecular formula is C26H19F6N3O2. The number of carbonyl (C=O) groups excluding carboxylic acids is 1. The molecule has 0 radical (unpaired) electrons. The van der Waals surface area contributed by atoms with E-state index in [2.05, 4.69) is 4.98 Å². The quantitative estimate of drug-likeness (QED) is 0.315. The Kier molecular flexibility index (Phi) is 6.57. The van der Waals surface area contributed by atoms with Gasteiger partial charge in [0.15, 0.2) is 0 Å². The Labute approximate surface area is 206 Å². The predicted molar refractivity (Wildman–Crippen MR) is 125 cm³/mol. The van der Waals surface area contributed by atoms with Crippen LogP contribution >= 0.6 is 0 Å². The first-order valence-electron chi connectivity index (χ1n) is 10.9. The molecule has 0 atom stereocenters. The fourth-order valence-corrected chi connectivity index (χ4v) is 4.10. The third-order valence-electron chi connectivity index (χ3n) is 5.83. The van der Waals surface area contributed by atoms with Crippen LogP contribution in [0.1, 0.15) is 27.2 Å². The van der Waals surface area contributed by atoms with E-state index in [1.165, 1.54) is 20.3 Å². The average Bonchev–Trinajstić information content (AvgIpc) is 2.85. The number of alkyl halides is 6. The van der Waals surface area contributed by atoms with Gasteiger partial charge in [0, 0.05) is 32.4 Å². The van der Waals surface area contributed by atoms with E-state index < -0.39 is 41.5 Å². The number of halogens is 6. The molecule has 0 bridgehead atoms. The first-order chi connectivity index (χ1) is 17.3. The van der Waals surface area contributed by atoms with Crippen LogP contribution in [0.3, 0.4) is 0 Å². The zero-order valence-electron chi connectivity index (χ0n) is 19.5. The lowest BCUT2D eigenvalue weighted by atomic mass is 9.99. The summed E-state index contributed by atoms with van der Waals surface area (Å²) in [6.45, 7) is -0.575. The molecule has 192 valence electrons. The number of rotatable bonds is 4. The maximum atomic E-state index is 13.6. The van der Waals surface area contributed by atoms with Gasteiger partial charge < -0.3 is 9.47 Å². The number of hydrogen-bond donors (Lipinski definition) is 0. The van der Waals surface area contributed by atoms with E-state index in [4.69, 9.17) is 0 Å². The second kappa shape index (κ2) is 9.38. The van der Waals surface area contributed by atoms with Crippen LogP contribution in [0.15, 0.2) is 71.7 Å². The van der Waals surface area contributed by atoms with Crippen LogP contribution < -0.4 is 5.56 Å². The third-order valence-corrected chi connectivity index (χ3v) is 5.83. The minimum atomic E-state index is -5.02. The van der Waals surface area contributed by atoms with Gasteiger partial charge in [-0.3, -0.25) is 14.6 Å². The number of pyridine rings is 2. The molecule has 2 heterocycles. The SMILES string of the molecule is CN(Cc1cc(C(F)(F)F)cc(C(F)(F)F)c1)C(=O)c1c(-c2ccccc2)c2ncccc2c(=O)n1C. The van der Waals surface area contributed by atoms with Gasteiger partial charge in [-0.15, -0.1) is 0 Å². The molecule has 37 heavy (non-hydrogen) atoms. The van der Waals surface area contributed by atoms with Gasteiger partial charge in [0.05, 0.1) is 22.0 Å². The van der Waals surface area contributed by atoms with Crippen molar-refractivity contribution >= 4 is 16.8 Å². The van der Waals surface area contributed by atoms with E-state index in [0.717, 1.165) is 9.47 Å². The lowest BCUT2D eigenvalue weighted by Crippen LogP contribution is -2.33. The minimum absolute atomic E-state index is 0.0253. The van der Waals surface area contributed by atoms with E-state index in [1.54, 1.807) is 42.5 Å². The molecule has 4 rings (SSSR count). The highest BCUT2D eigenvalue weighted by atomic mass is 19.4. The summed E-state index contributed by atoms with van der Waals surface area (Å²) in [5, 5.41) is 0.246. The lowest BCUT2D eigenvalue weighted by Gasteiger charge is -2.23. The molecule has 0 saturated heterocycles. The molecule has 11 heteroatoms. The van der Waals surface area contributed by atoms with Crippen molar-refractivity contribution in [2.45, 2.75) is 18.9 Å². The molecule has 5 nitrogen and oxygen atoms in total. The number of carbonyl (C=O) groups is 1. The van der Waals surface area contributed by atoms with Gasteiger partial charge in [0.25, 0.3) is 11.5 Å². The van der Waals surface area contributed by atoms with Crippen molar-refractivity contribution < 1.29 is 31.1 Å². The summed E-state index contributed by atoms with van der Waals surface area (Å²) in [6.07, 6.45) is -8.59. The molecule has 0 aliphatic carbocycles. The van der Waals surface area contributed by atoms with Crippen molar-refractivity contribution in [2.75, 3.05) is 7.05 Å². The van der Waals surface area contributed by atoms with Crippen molar-refractivity contribution in [3.05, 3.63) is 99.6 Å². The highest BCUT2D eigenvalue weighted by molar-refractivity contribution is 6.06. The number of fused-ring (bicyclic) bond motifs is 1. The molecule has 0 N–H and O–H groups in total.